The maximum Gasteiger partial charge on any atom is 0.270 e. The van der Waals surface area contributed by atoms with E-state index in [1.54, 1.807) is 6.92 Å². The van der Waals surface area contributed by atoms with Crippen LogP contribution >= 0.6 is 0 Å². The van der Waals surface area contributed by atoms with Crippen molar-refractivity contribution >= 4 is 28.9 Å². The van der Waals surface area contributed by atoms with E-state index in [0.29, 0.717) is 5.69 Å². The van der Waals surface area contributed by atoms with E-state index >= 15 is 0 Å². The summed E-state index contributed by atoms with van der Waals surface area (Å²) in [6.45, 7) is 3.66. The topological polar surface area (TPSA) is 105 Å². The molecule has 0 saturated carbocycles. The molecule has 1 saturated heterocycles. The van der Waals surface area contributed by atoms with E-state index < -0.39 is 16.9 Å². The van der Waals surface area contributed by atoms with Gasteiger partial charge >= 0.3 is 0 Å². The minimum atomic E-state index is -0.802. The zero-order valence-electron chi connectivity index (χ0n) is 16.3. The number of non-ortho nitro benzene ring substituents is 1. The molecule has 0 bridgehead atoms. The third-order valence-electron chi connectivity index (χ3n) is 4.92. The molecule has 2 aromatic carbocycles. The highest BCUT2D eigenvalue weighted by molar-refractivity contribution is 6.01. The molecule has 1 fully saturated rings. The van der Waals surface area contributed by atoms with Gasteiger partial charge in [0, 0.05) is 42.2 Å². The average Bonchev–Trinajstić information content (AvgIpc) is 2.75. The molecule has 8 nitrogen and oxygen atoms in total. The van der Waals surface area contributed by atoms with Gasteiger partial charge in [0.15, 0.2) is 0 Å². The van der Waals surface area contributed by atoms with E-state index in [1.807, 2.05) is 24.3 Å². The van der Waals surface area contributed by atoms with E-state index in [2.05, 4.69) is 15.5 Å². The first-order valence-corrected chi connectivity index (χ1v) is 9.65. The fraction of sp³-hybridized carbons (Fsp3) is 0.333. The number of amides is 2. The van der Waals surface area contributed by atoms with Crippen LogP contribution in [0.5, 0.6) is 0 Å². The highest BCUT2D eigenvalue weighted by atomic mass is 16.6. The quantitative estimate of drug-likeness (QED) is 0.576. The second-order valence-corrected chi connectivity index (χ2v) is 7.09. The molecule has 29 heavy (non-hydrogen) atoms. The Morgan fingerprint density at radius 1 is 1.07 bits per heavy atom. The summed E-state index contributed by atoms with van der Waals surface area (Å²) in [5, 5.41) is 16.2. The minimum absolute atomic E-state index is 0.129. The zero-order valence-corrected chi connectivity index (χ0v) is 16.3. The fourth-order valence-corrected chi connectivity index (χ4v) is 3.26. The summed E-state index contributed by atoms with van der Waals surface area (Å²) in [6, 6.07) is 12.2. The molecule has 1 aliphatic heterocycles. The van der Waals surface area contributed by atoms with E-state index in [4.69, 9.17) is 0 Å². The Hall–Kier alpha value is -3.42. The van der Waals surface area contributed by atoms with Crippen LogP contribution in [0.25, 0.3) is 0 Å². The zero-order chi connectivity index (χ0) is 20.8. The van der Waals surface area contributed by atoms with Gasteiger partial charge in [0.05, 0.1) is 4.92 Å². The Bertz CT molecular complexity index is 892. The molecule has 1 heterocycles. The lowest BCUT2D eigenvalue weighted by atomic mass is 10.1. The maximum atomic E-state index is 12.4. The SMILES string of the molecule is C[C@H](NC(=O)c1cccc([N+](=O)[O-])c1)C(=O)Nc1ccc(N2CCCCC2)cc1. The molecule has 2 N–H and O–H groups in total. The van der Waals surface area contributed by atoms with Crippen LogP contribution in [0.3, 0.4) is 0 Å². The molecule has 152 valence electrons. The van der Waals surface area contributed by atoms with Gasteiger partial charge in [0.25, 0.3) is 11.6 Å². The van der Waals surface area contributed by atoms with Crippen LogP contribution < -0.4 is 15.5 Å². The van der Waals surface area contributed by atoms with Gasteiger partial charge in [-0.2, -0.15) is 0 Å². The van der Waals surface area contributed by atoms with E-state index in [9.17, 15) is 19.7 Å². The summed E-state index contributed by atoms with van der Waals surface area (Å²) in [7, 11) is 0. The minimum Gasteiger partial charge on any atom is -0.372 e. The van der Waals surface area contributed by atoms with Crippen molar-refractivity contribution in [2.75, 3.05) is 23.3 Å². The van der Waals surface area contributed by atoms with Crippen molar-refractivity contribution in [2.24, 2.45) is 0 Å². The number of carbonyl (C=O) groups excluding carboxylic acids is 2. The molecule has 1 atom stereocenters. The van der Waals surface area contributed by atoms with Gasteiger partial charge in [-0.05, 0) is 56.5 Å². The van der Waals surface area contributed by atoms with Crippen LogP contribution in [0, 0.1) is 10.1 Å². The lowest BCUT2D eigenvalue weighted by molar-refractivity contribution is -0.384. The van der Waals surface area contributed by atoms with Gasteiger partial charge in [-0.15, -0.1) is 0 Å². The van der Waals surface area contributed by atoms with Crippen molar-refractivity contribution < 1.29 is 14.5 Å². The molecule has 0 aliphatic carbocycles. The van der Waals surface area contributed by atoms with Gasteiger partial charge in [-0.3, -0.25) is 19.7 Å². The molecule has 2 amide bonds. The molecule has 0 spiro atoms. The number of nitro benzene ring substituents is 1. The van der Waals surface area contributed by atoms with E-state index in [0.717, 1.165) is 18.8 Å². The molecule has 0 aromatic heterocycles. The predicted molar refractivity (Wildman–Crippen MR) is 111 cm³/mol. The van der Waals surface area contributed by atoms with Crippen molar-refractivity contribution in [1.29, 1.82) is 0 Å². The number of anilines is 2. The highest BCUT2D eigenvalue weighted by Gasteiger charge is 2.18. The third-order valence-corrected chi connectivity index (χ3v) is 4.92. The number of nitrogens with one attached hydrogen (secondary N) is 2. The normalized spacial score (nSPS) is 14.7. The fourth-order valence-electron chi connectivity index (χ4n) is 3.26. The number of hydrogen-bond donors (Lipinski definition) is 2. The Morgan fingerprint density at radius 3 is 2.41 bits per heavy atom. The largest absolute Gasteiger partial charge is 0.372 e. The first-order chi connectivity index (χ1) is 13.9. The molecule has 1 aliphatic rings. The molecule has 8 heteroatoms. The van der Waals surface area contributed by atoms with Crippen molar-refractivity contribution in [2.45, 2.75) is 32.2 Å². The van der Waals surface area contributed by atoms with Crippen molar-refractivity contribution in [3.63, 3.8) is 0 Å². The van der Waals surface area contributed by atoms with Crippen molar-refractivity contribution in [3.8, 4) is 0 Å². The Kier molecular flexibility index (Phi) is 6.43. The molecule has 0 unspecified atom stereocenters. The molecule has 2 aromatic rings. The Balaban J connectivity index is 1.56. The monoisotopic (exact) mass is 396 g/mol. The lowest BCUT2D eigenvalue weighted by Crippen LogP contribution is -2.41. The van der Waals surface area contributed by atoms with Gasteiger partial charge in [-0.1, -0.05) is 6.07 Å². The lowest BCUT2D eigenvalue weighted by Gasteiger charge is -2.28. The second kappa shape index (κ2) is 9.18. The highest BCUT2D eigenvalue weighted by Crippen LogP contribution is 2.22. The standard InChI is InChI=1S/C21H24N4O4/c1-15(22-21(27)16-6-5-7-19(14-16)25(28)29)20(26)23-17-8-10-18(11-9-17)24-12-3-2-4-13-24/h5-11,14-15H,2-4,12-13H2,1H3,(H,22,27)(H,23,26)/t15-/m0/s1. The van der Waals surface area contributed by atoms with Crippen LogP contribution in [0.1, 0.15) is 36.5 Å². The van der Waals surface area contributed by atoms with Crippen LogP contribution in [-0.4, -0.2) is 35.9 Å². The average molecular weight is 396 g/mol. The number of rotatable bonds is 6. The number of piperidine rings is 1. The molecule has 3 rings (SSSR count). The predicted octanol–water partition coefficient (Wildman–Crippen LogP) is 3.34. The van der Waals surface area contributed by atoms with E-state index in [1.165, 1.54) is 43.5 Å². The van der Waals surface area contributed by atoms with E-state index in [-0.39, 0.29) is 17.2 Å². The Labute approximate surface area is 169 Å². The van der Waals surface area contributed by atoms with Crippen LogP contribution in [0.4, 0.5) is 17.1 Å². The number of nitrogens with zero attached hydrogens (tertiary/aromatic N) is 2. The molecule has 0 radical (unpaired) electrons. The first kappa shape index (κ1) is 20.3. The summed E-state index contributed by atoms with van der Waals surface area (Å²) in [5.41, 5.74) is 1.73. The molecular weight excluding hydrogens is 372 g/mol. The number of benzene rings is 2. The molecular formula is C21H24N4O4. The summed E-state index contributed by atoms with van der Waals surface area (Å²) < 4.78 is 0. The Morgan fingerprint density at radius 2 is 1.76 bits per heavy atom. The summed E-state index contributed by atoms with van der Waals surface area (Å²) >= 11 is 0. The maximum absolute atomic E-state index is 12.4. The van der Waals surface area contributed by atoms with Crippen molar-refractivity contribution in [3.05, 3.63) is 64.2 Å². The van der Waals surface area contributed by atoms with Gasteiger partial charge < -0.3 is 15.5 Å². The number of hydrogen-bond acceptors (Lipinski definition) is 5. The van der Waals surface area contributed by atoms with Crippen LogP contribution in [0.2, 0.25) is 0 Å². The number of nitro groups is 1. The third kappa shape index (κ3) is 5.31. The van der Waals surface area contributed by atoms with Crippen molar-refractivity contribution in [1.82, 2.24) is 5.32 Å². The summed E-state index contributed by atoms with van der Waals surface area (Å²) in [4.78, 5) is 37.3. The van der Waals surface area contributed by atoms with Gasteiger partial charge in [-0.25, -0.2) is 0 Å². The summed E-state index contributed by atoms with van der Waals surface area (Å²) in [5.74, 6) is -0.911. The van der Waals surface area contributed by atoms with Gasteiger partial charge in [0.1, 0.15) is 6.04 Å². The first-order valence-electron chi connectivity index (χ1n) is 9.65. The van der Waals surface area contributed by atoms with Gasteiger partial charge in [0.2, 0.25) is 5.91 Å². The second-order valence-electron chi connectivity index (χ2n) is 7.09. The van der Waals surface area contributed by atoms with Crippen LogP contribution in [0.15, 0.2) is 48.5 Å². The van der Waals surface area contributed by atoms with Crippen LogP contribution in [-0.2, 0) is 4.79 Å². The summed E-state index contributed by atoms with van der Waals surface area (Å²) in [6.07, 6.45) is 3.66. The smallest absolute Gasteiger partial charge is 0.270 e. The number of carbonyl (C=O) groups is 2.